The van der Waals surface area contributed by atoms with E-state index in [4.69, 9.17) is 18.6 Å². The Hall–Kier alpha value is -3.88. The molecule has 31 heavy (non-hydrogen) atoms. The Kier molecular flexibility index (Phi) is 5.57. The molecule has 2 aromatic heterocycles. The van der Waals surface area contributed by atoms with Crippen molar-refractivity contribution in [3.63, 3.8) is 0 Å². The van der Waals surface area contributed by atoms with E-state index < -0.39 is 5.91 Å². The summed E-state index contributed by atoms with van der Waals surface area (Å²) in [5.74, 6) is 1.33. The van der Waals surface area contributed by atoms with Crippen LogP contribution in [0.25, 0.3) is 0 Å². The number of anilines is 1. The lowest BCUT2D eigenvalue weighted by Gasteiger charge is -2.21. The molecule has 1 amide bonds. The first kappa shape index (κ1) is 20.4. The molecular formula is C22H21N3O6. The molecule has 0 bridgehead atoms. The maximum Gasteiger partial charge on any atom is 0.258 e. The zero-order valence-corrected chi connectivity index (χ0v) is 17.3. The Morgan fingerprint density at radius 2 is 1.87 bits per heavy atom. The second-order valence-corrected chi connectivity index (χ2v) is 6.97. The Morgan fingerprint density at radius 1 is 1.13 bits per heavy atom. The lowest BCUT2D eigenvalue weighted by atomic mass is 9.85. The molecule has 0 fully saturated rings. The molecule has 4 rings (SSSR count). The molecule has 1 N–H and O–H groups in total. The first-order valence-corrected chi connectivity index (χ1v) is 9.58. The summed E-state index contributed by atoms with van der Waals surface area (Å²) < 4.78 is 21.3. The van der Waals surface area contributed by atoms with E-state index in [1.807, 2.05) is 6.07 Å². The molecule has 1 aliphatic rings. The van der Waals surface area contributed by atoms with E-state index in [0.29, 0.717) is 41.3 Å². The van der Waals surface area contributed by atoms with Gasteiger partial charge in [-0.15, -0.1) is 0 Å². The van der Waals surface area contributed by atoms with Crippen LogP contribution in [0.2, 0.25) is 0 Å². The number of carbonyl (C=O) groups is 2. The van der Waals surface area contributed by atoms with E-state index in [9.17, 15) is 9.59 Å². The summed E-state index contributed by atoms with van der Waals surface area (Å²) >= 11 is 0. The average Bonchev–Trinajstić information content (AvgIpc) is 3.32. The average molecular weight is 423 g/mol. The number of fused-ring (bicyclic) bond motifs is 1. The molecule has 1 aromatic carbocycles. The first-order chi connectivity index (χ1) is 15.0. The number of methoxy groups -OCH3 is 3. The fourth-order valence-corrected chi connectivity index (χ4v) is 3.62. The summed E-state index contributed by atoms with van der Waals surface area (Å²) in [5, 5.41) is 2.67. The molecular weight excluding hydrogens is 402 g/mol. The normalized spacial score (nSPS) is 15.2. The standard InChI is InChI=1S/C22H21N3O6/c1-28-18-9-13(10-19(29-2)20(18)30-3)21(27)25-22-23-11-14-15(24-22)7-12(8-16(14)26)17-5-4-6-31-17/h4-6,9-12H,7-8H2,1-3H3,(H,23,24,25,27)/t12-/m0/s1. The maximum atomic E-state index is 12.8. The number of hydrogen-bond acceptors (Lipinski definition) is 8. The Labute approximate surface area is 178 Å². The second kappa shape index (κ2) is 8.47. The minimum absolute atomic E-state index is 0.0508. The highest BCUT2D eigenvalue weighted by molar-refractivity contribution is 6.04. The Morgan fingerprint density at radius 3 is 2.48 bits per heavy atom. The number of rotatable bonds is 6. The molecule has 1 atom stereocenters. The van der Waals surface area contributed by atoms with Gasteiger partial charge in [0.15, 0.2) is 17.3 Å². The quantitative estimate of drug-likeness (QED) is 0.643. The molecule has 0 aliphatic heterocycles. The summed E-state index contributed by atoms with van der Waals surface area (Å²) in [4.78, 5) is 33.9. The van der Waals surface area contributed by atoms with Gasteiger partial charge in [-0.1, -0.05) is 0 Å². The minimum Gasteiger partial charge on any atom is -0.493 e. The van der Waals surface area contributed by atoms with E-state index in [0.717, 1.165) is 5.76 Å². The highest BCUT2D eigenvalue weighted by Gasteiger charge is 2.29. The third-order valence-electron chi connectivity index (χ3n) is 5.14. The largest absolute Gasteiger partial charge is 0.493 e. The van der Waals surface area contributed by atoms with Gasteiger partial charge in [0.25, 0.3) is 5.91 Å². The zero-order valence-electron chi connectivity index (χ0n) is 17.3. The molecule has 0 saturated carbocycles. The molecule has 160 valence electrons. The molecule has 3 aromatic rings. The highest BCUT2D eigenvalue weighted by atomic mass is 16.5. The SMILES string of the molecule is COc1cc(C(=O)Nc2ncc3c(n2)C[C@H](c2ccco2)CC3=O)cc(OC)c1OC. The van der Waals surface area contributed by atoms with Gasteiger partial charge < -0.3 is 18.6 Å². The number of ether oxygens (including phenoxy) is 3. The van der Waals surface area contributed by atoms with Crippen LogP contribution in [-0.2, 0) is 6.42 Å². The van der Waals surface area contributed by atoms with Crippen molar-refractivity contribution < 1.29 is 28.2 Å². The third-order valence-corrected chi connectivity index (χ3v) is 5.14. The van der Waals surface area contributed by atoms with E-state index in [1.54, 1.807) is 12.3 Å². The number of aromatic nitrogens is 2. The number of carbonyl (C=O) groups excluding carboxylic acids is 2. The van der Waals surface area contributed by atoms with Crippen LogP contribution in [0.5, 0.6) is 17.2 Å². The van der Waals surface area contributed by atoms with Crippen molar-refractivity contribution in [1.82, 2.24) is 9.97 Å². The number of amides is 1. The second-order valence-electron chi connectivity index (χ2n) is 6.97. The van der Waals surface area contributed by atoms with Crippen molar-refractivity contribution in [2.24, 2.45) is 0 Å². The molecule has 1 aliphatic carbocycles. The van der Waals surface area contributed by atoms with Crippen LogP contribution in [0.3, 0.4) is 0 Å². The summed E-state index contributed by atoms with van der Waals surface area (Å²) in [5.41, 5.74) is 1.32. The van der Waals surface area contributed by atoms with Crippen molar-refractivity contribution >= 4 is 17.6 Å². The number of Topliss-reactive ketones (excluding diaryl/α,β-unsaturated/α-hetero) is 1. The number of furan rings is 1. The number of nitrogens with zero attached hydrogens (tertiary/aromatic N) is 2. The van der Waals surface area contributed by atoms with Gasteiger partial charge in [-0.3, -0.25) is 14.9 Å². The number of benzene rings is 1. The predicted octanol–water partition coefficient (Wildman–Crippen LogP) is 3.26. The first-order valence-electron chi connectivity index (χ1n) is 9.58. The lowest BCUT2D eigenvalue weighted by molar-refractivity contribution is 0.0958. The van der Waals surface area contributed by atoms with Gasteiger partial charge in [0.2, 0.25) is 11.7 Å². The minimum atomic E-state index is -0.455. The van der Waals surface area contributed by atoms with Gasteiger partial charge >= 0.3 is 0 Å². The topological polar surface area (TPSA) is 113 Å². The predicted molar refractivity (Wildman–Crippen MR) is 110 cm³/mol. The summed E-state index contributed by atoms with van der Waals surface area (Å²) in [6.07, 6.45) is 3.89. The molecule has 9 heteroatoms. The molecule has 0 unspecified atom stereocenters. The van der Waals surface area contributed by atoms with Crippen LogP contribution < -0.4 is 19.5 Å². The fourth-order valence-electron chi connectivity index (χ4n) is 3.62. The molecule has 0 saturated heterocycles. The number of nitrogens with one attached hydrogen (secondary N) is 1. The van der Waals surface area contributed by atoms with E-state index in [-0.39, 0.29) is 23.2 Å². The van der Waals surface area contributed by atoms with Crippen LogP contribution >= 0.6 is 0 Å². The monoisotopic (exact) mass is 423 g/mol. The van der Waals surface area contributed by atoms with Crippen LogP contribution in [0, 0.1) is 0 Å². The number of hydrogen-bond donors (Lipinski definition) is 1. The van der Waals surface area contributed by atoms with Gasteiger partial charge in [0, 0.05) is 30.5 Å². The van der Waals surface area contributed by atoms with E-state index in [2.05, 4.69) is 15.3 Å². The third kappa shape index (κ3) is 3.94. The summed E-state index contributed by atoms with van der Waals surface area (Å²) in [6.45, 7) is 0. The van der Waals surface area contributed by atoms with Crippen LogP contribution in [0.4, 0.5) is 5.95 Å². The van der Waals surface area contributed by atoms with Crippen molar-refractivity contribution in [2.75, 3.05) is 26.6 Å². The smallest absolute Gasteiger partial charge is 0.258 e. The van der Waals surface area contributed by atoms with Gasteiger partial charge in [-0.05, 0) is 24.3 Å². The van der Waals surface area contributed by atoms with Crippen molar-refractivity contribution in [3.05, 3.63) is 59.3 Å². The molecule has 9 nitrogen and oxygen atoms in total. The lowest BCUT2D eigenvalue weighted by Crippen LogP contribution is -2.22. The van der Waals surface area contributed by atoms with Gasteiger partial charge in [-0.25, -0.2) is 9.97 Å². The number of ketones is 1. The van der Waals surface area contributed by atoms with E-state index in [1.165, 1.54) is 39.7 Å². The van der Waals surface area contributed by atoms with Crippen molar-refractivity contribution in [1.29, 1.82) is 0 Å². The van der Waals surface area contributed by atoms with E-state index >= 15 is 0 Å². The van der Waals surface area contributed by atoms with Gasteiger partial charge in [-0.2, -0.15) is 0 Å². The maximum absolute atomic E-state index is 12.8. The summed E-state index contributed by atoms with van der Waals surface area (Å²) in [6, 6.07) is 6.70. The van der Waals surface area contributed by atoms with Crippen LogP contribution in [0.15, 0.2) is 41.1 Å². The van der Waals surface area contributed by atoms with Crippen molar-refractivity contribution in [2.45, 2.75) is 18.8 Å². The van der Waals surface area contributed by atoms with Crippen LogP contribution in [-0.4, -0.2) is 43.0 Å². The molecule has 0 radical (unpaired) electrons. The van der Waals surface area contributed by atoms with Crippen LogP contribution in [0.1, 0.15) is 44.5 Å². The zero-order chi connectivity index (χ0) is 22.0. The van der Waals surface area contributed by atoms with Crippen molar-refractivity contribution in [3.8, 4) is 17.2 Å². The Balaban J connectivity index is 1.59. The molecule has 0 spiro atoms. The van der Waals surface area contributed by atoms with Gasteiger partial charge in [0.05, 0.1) is 38.8 Å². The Bertz CT molecular complexity index is 1100. The highest BCUT2D eigenvalue weighted by Crippen LogP contribution is 2.38. The summed E-state index contributed by atoms with van der Waals surface area (Å²) in [7, 11) is 4.42. The van der Waals surface area contributed by atoms with Gasteiger partial charge in [0.1, 0.15) is 5.76 Å². The molecule has 2 heterocycles. The fraction of sp³-hybridized carbons (Fsp3) is 0.273.